The molecule has 0 saturated carbocycles. The van der Waals surface area contributed by atoms with Crippen molar-refractivity contribution in [2.75, 3.05) is 11.4 Å². The molecule has 0 atom stereocenters. The van der Waals surface area contributed by atoms with Crippen molar-refractivity contribution in [3.63, 3.8) is 0 Å². The number of fused-ring (bicyclic) bond motifs is 3. The Morgan fingerprint density at radius 3 is 2.20 bits per heavy atom. The second-order valence-electron chi connectivity index (χ2n) is 9.10. The molecule has 6 rings (SSSR count). The third-order valence-electron chi connectivity index (χ3n) is 6.54. The van der Waals surface area contributed by atoms with Crippen molar-refractivity contribution in [2.45, 2.75) is 13.3 Å². The average Bonchev–Trinajstić information content (AvgIpc) is 3.39. The number of hydrogen-bond acceptors (Lipinski definition) is 5. The number of hydrogen-bond donors (Lipinski definition) is 2. The van der Waals surface area contributed by atoms with E-state index in [4.69, 9.17) is 14.9 Å². The number of anilines is 2. The van der Waals surface area contributed by atoms with Gasteiger partial charge in [0.2, 0.25) is 0 Å². The van der Waals surface area contributed by atoms with E-state index < -0.39 is 11.9 Å². The smallest absolute Gasteiger partial charge is 0.335 e. The SMILES string of the molecule is Cc1ccc(C(=O)O)cc1C(=O)O.Cl.c1ccc(Oc2ccc(N3CCc4cnc5ccccc5c43)cc2)cc1. The van der Waals surface area contributed by atoms with Crippen molar-refractivity contribution in [3.8, 4) is 11.5 Å². The Kier molecular flexibility index (Phi) is 8.67. The Labute approximate surface area is 237 Å². The number of benzene rings is 4. The summed E-state index contributed by atoms with van der Waals surface area (Å²) in [5.74, 6) is -0.536. The van der Waals surface area contributed by atoms with Crippen LogP contribution in [-0.4, -0.2) is 33.7 Å². The van der Waals surface area contributed by atoms with Gasteiger partial charge in [-0.15, -0.1) is 12.4 Å². The van der Waals surface area contributed by atoms with Gasteiger partial charge in [0.05, 0.1) is 22.3 Å². The first-order valence-corrected chi connectivity index (χ1v) is 12.4. The highest BCUT2D eigenvalue weighted by Crippen LogP contribution is 2.39. The lowest BCUT2D eigenvalue weighted by Crippen LogP contribution is -2.13. The van der Waals surface area contributed by atoms with Crippen molar-refractivity contribution in [3.05, 3.63) is 126 Å². The Morgan fingerprint density at radius 1 is 0.825 bits per heavy atom. The molecular formula is C32H27ClN2O5. The van der Waals surface area contributed by atoms with Crippen LogP contribution in [0.2, 0.25) is 0 Å². The second-order valence-corrected chi connectivity index (χ2v) is 9.10. The van der Waals surface area contributed by atoms with Crippen LogP contribution in [0.3, 0.4) is 0 Å². The van der Waals surface area contributed by atoms with Crippen LogP contribution in [0.15, 0.2) is 103 Å². The van der Waals surface area contributed by atoms with Crippen LogP contribution >= 0.6 is 12.4 Å². The van der Waals surface area contributed by atoms with Crippen molar-refractivity contribution >= 4 is 46.6 Å². The molecule has 7 nitrogen and oxygen atoms in total. The Bertz CT molecular complexity index is 1660. The van der Waals surface area contributed by atoms with Crippen molar-refractivity contribution in [1.29, 1.82) is 0 Å². The number of aromatic nitrogens is 1. The minimum atomic E-state index is -1.12. The van der Waals surface area contributed by atoms with Gasteiger partial charge in [-0.3, -0.25) is 4.98 Å². The van der Waals surface area contributed by atoms with E-state index in [2.05, 4.69) is 40.2 Å². The Morgan fingerprint density at radius 2 is 1.50 bits per heavy atom. The number of aromatic carboxylic acids is 2. The third-order valence-corrected chi connectivity index (χ3v) is 6.54. The number of pyridine rings is 1. The fourth-order valence-corrected chi connectivity index (χ4v) is 4.58. The van der Waals surface area contributed by atoms with Crippen LogP contribution in [0.1, 0.15) is 31.8 Å². The Hall–Kier alpha value is -4.88. The fourth-order valence-electron chi connectivity index (χ4n) is 4.58. The molecule has 0 bridgehead atoms. The lowest BCUT2D eigenvalue weighted by atomic mass is 10.1. The van der Waals surface area contributed by atoms with Gasteiger partial charge in [-0.05, 0) is 79.1 Å². The largest absolute Gasteiger partial charge is 0.478 e. The number of carboxylic acids is 2. The highest BCUT2D eigenvalue weighted by atomic mass is 35.5. The zero-order valence-corrected chi connectivity index (χ0v) is 22.5. The van der Waals surface area contributed by atoms with Crippen LogP contribution < -0.4 is 9.64 Å². The van der Waals surface area contributed by atoms with E-state index in [1.807, 2.05) is 54.7 Å². The number of carboxylic acid groups (broad SMARTS) is 2. The zero-order valence-electron chi connectivity index (χ0n) is 21.7. The summed E-state index contributed by atoms with van der Waals surface area (Å²) in [4.78, 5) is 28.1. The molecule has 40 heavy (non-hydrogen) atoms. The van der Waals surface area contributed by atoms with E-state index in [0.717, 1.165) is 36.0 Å². The highest BCUT2D eigenvalue weighted by molar-refractivity contribution is 5.97. The van der Waals surface area contributed by atoms with E-state index in [9.17, 15) is 9.59 Å². The molecule has 0 fully saturated rings. The van der Waals surface area contributed by atoms with Gasteiger partial charge in [0.25, 0.3) is 0 Å². The van der Waals surface area contributed by atoms with Crippen molar-refractivity contribution in [1.82, 2.24) is 4.98 Å². The number of ether oxygens (including phenoxy) is 1. The number of rotatable bonds is 5. The predicted molar refractivity (Wildman–Crippen MR) is 158 cm³/mol. The maximum Gasteiger partial charge on any atom is 0.335 e. The maximum atomic E-state index is 10.6. The number of aryl methyl sites for hydroxylation is 1. The predicted octanol–water partition coefficient (Wildman–Crippen LogP) is 7.53. The van der Waals surface area contributed by atoms with Gasteiger partial charge in [-0.1, -0.05) is 42.5 Å². The van der Waals surface area contributed by atoms with Crippen LogP contribution in [0.5, 0.6) is 11.5 Å². The molecular weight excluding hydrogens is 528 g/mol. The quantitative estimate of drug-likeness (QED) is 0.231. The molecule has 2 heterocycles. The monoisotopic (exact) mass is 554 g/mol. The first-order chi connectivity index (χ1) is 18.9. The van der Waals surface area contributed by atoms with Crippen LogP contribution in [0.25, 0.3) is 10.9 Å². The first kappa shape index (κ1) is 28.1. The molecule has 8 heteroatoms. The molecule has 202 valence electrons. The molecule has 0 amide bonds. The molecule has 0 spiro atoms. The molecule has 1 aliphatic rings. The van der Waals surface area contributed by atoms with Gasteiger partial charge in [0.1, 0.15) is 11.5 Å². The number of carbonyl (C=O) groups is 2. The lowest BCUT2D eigenvalue weighted by Gasteiger charge is -2.21. The molecule has 4 aromatic carbocycles. The lowest BCUT2D eigenvalue weighted by molar-refractivity contribution is 0.0695. The van der Waals surface area contributed by atoms with E-state index in [1.165, 1.54) is 34.5 Å². The number of para-hydroxylation sites is 2. The van der Waals surface area contributed by atoms with Crippen molar-refractivity contribution < 1.29 is 24.5 Å². The minimum Gasteiger partial charge on any atom is -0.478 e. The van der Waals surface area contributed by atoms with Gasteiger partial charge in [-0.25, -0.2) is 9.59 Å². The summed E-state index contributed by atoms with van der Waals surface area (Å²) in [6.07, 6.45) is 3.04. The van der Waals surface area contributed by atoms with Crippen molar-refractivity contribution in [2.24, 2.45) is 0 Å². The second kappa shape index (κ2) is 12.3. The molecule has 0 saturated heterocycles. The van der Waals surface area contributed by atoms with Crippen LogP contribution in [0, 0.1) is 6.92 Å². The zero-order chi connectivity index (χ0) is 27.4. The van der Waals surface area contributed by atoms with E-state index in [1.54, 1.807) is 6.92 Å². The fraction of sp³-hybridized carbons (Fsp3) is 0.0938. The summed E-state index contributed by atoms with van der Waals surface area (Å²) < 4.78 is 5.91. The van der Waals surface area contributed by atoms with E-state index in [0.29, 0.717) is 5.56 Å². The molecule has 1 aromatic heterocycles. The summed E-state index contributed by atoms with van der Waals surface area (Å²) in [6, 6.07) is 30.5. The summed E-state index contributed by atoms with van der Waals surface area (Å²) in [6.45, 7) is 2.60. The molecule has 0 aliphatic carbocycles. The standard InChI is InChI=1S/C23H18N2O.C9H8O4.ClH/c1-2-6-19(7-3-1)26-20-12-10-18(11-13-20)25-15-14-17-16-24-22-9-5-4-8-21(22)23(17)25;1-5-2-3-6(8(10)11)4-7(5)9(12)13;/h1-13,16H,14-15H2;2-4H,1H3,(H,10,11)(H,12,13);1H. The van der Waals surface area contributed by atoms with Gasteiger partial charge in [-0.2, -0.15) is 0 Å². The highest BCUT2D eigenvalue weighted by Gasteiger charge is 2.23. The van der Waals surface area contributed by atoms with Gasteiger partial charge in [0, 0.05) is 23.8 Å². The molecule has 1 aliphatic heterocycles. The molecule has 0 unspecified atom stereocenters. The summed E-state index contributed by atoms with van der Waals surface area (Å²) in [5, 5.41) is 18.5. The van der Waals surface area contributed by atoms with E-state index in [-0.39, 0.29) is 23.5 Å². The summed E-state index contributed by atoms with van der Waals surface area (Å²) >= 11 is 0. The first-order valence-electron chi connectivity index (χ1n) is 12.4. The van der Waals surface area contributed by atoms with Gasteiger partial charge >= 0.3 is 11.9 Å². The number of nitrogens with zero attached hydrogens (tertiary/aromatic N) is 2. The maximum absolute atomic E-state index is 10.6. The minimum absolute atomic E-state index is 0. The van der Waals surface area contributed by atoms with Crippen LogP contribution in [-0.2, 0) is 6.42 Å². The third kappa shape index (κ3) is 6.06. The normalized spacial score (nSPS) is 11.6. The van der Waals surface area contributed by atoms with Gasteiger partial charge < -0.3 is 19.8 Å². The average molecular weight is 555 g/mol. The Balaban J connectivity index is 0.000000226. The molecule has 0 radical (unpaired) electrons. The molecule has 2 N–H and O–H groups in total. The molecule has 5 aromatic rings. The number of halogens is 1. The summed E-state index contributed by atoms with van der Waals surface area (Å²) in [5.41, 5.74) is 5.39. The topological polar surface area (TPSA) is 100.0 Å². The van der Waals surface area contributed by atoms with Gasteiger partial charge in [0.15, 0.2) is 0 Å². The van der Waals surface area contributed by atoms with Crippen LogP contribution in [0.4, 0.5) is 11.4 Å². The van der Waals surface area contributed by atoms with E-state index >= 15 is 0 Å². The summed E-state index contributed by atoms with van der Waals surface area (Å²) in [7, 11) is 0.